The van der Waals surface area contributed by atoms with E-state index in [0.29, 0.717) is 0 Å². The normalized spacial score (nSPS) is 10.6. The van der Waals surface area contributed by atoms with Gasteiger partial charge < -0.3 is 10.6 Å². The molecule has 0 saturated carbocycles. The molecule has 31 heavy (non-hydrogen) atoms. The number of carbonyl (C=O) groups is 2. The zero-order chi connectivity index (χ0) is 21.5. The maximum atomic E-state index is 12.3. The van der Waals surface area contributed by atoms with Crippen molar-refractivity contribution < 1.29 is 9.59 Å². The number of hydrogen-bond donors (Lipinski definition) is 2. The Kier molecular flexibility index (Phi) is 6.65. The number of carbonyl (C=O) groups excluding carboxylic acids is 2. The molecule has 0 aliphatic heterocycles. The molecule has 0 saturated heterocycles. The Morgan fingerprint density at radius 1 is 0.581 bits per heavy atom. The predicted octanol–water partition coefficient (Wildman–Crippen LogP) is 5.82. The molecule has 2 amide bonds. The lowest BCUT2D eigenvalue weighted by atomic mass is 10.1. The summed E-state index contributed by atoms with van der Waals surface area (Å²) in [5.74, 6) is 0.165. The largest absolute Gasteiger partial charge is 0.325 e. The molecule has 4 aromatic carbocycles. The van der Waals surface area contributed by atoms with E-state index in [9.17, 15) is 9.59 Å². The highest BCUT2D eigenvalue weighted by Crippen LogP contribution is 2.22. The number of rotatable bonds is 7. The molecule has 4 nitrogen and oxygen atoms in total. The number of thioether (sulfide) groups is 1. The highest BCUT2D eigenvalue weighted by atomic mass is 32.2. The van der Waals surface area contributed by atoms with E-state index >= 15 is 0 Å². The van der Waals surface area contributed by atoms with E-state index in [1.807, 2.05) is 97.1 Å². The quantitative estimate of drug-likeness (QED) is 0.392. The van der Waals surface area contributed by atoms with Crippen LogP contribution in [0.15, 0.2) is 97.1 Å². The van der Waals surface area contributed by atoms with Crippen LogP contribution in [0.25, 0.3) is 21.9 Å². The van der Waals surface area contributed by atoms with Crippen LogP contribution in [0.5, 0.6) is 0 Å². The van der Waals surface area contributed by atoms with Gasteiger partial charge in [-0.1, -0.05) is 72.8 Å². The van der Waals surface area contributed by atoms with Gasteiger partial charge in [-0.3, -0.25) is 9.59 Å². The second-order valence-electron chi connectivity index (χ2n) is 7.10. The van der Waals surface area contributed by atoms with Gasteiger partial charge in [0.1, 0.15) is 0 Å². The number of fused-ring (bicyclic) bond motifs is 1. The summed E-state index contributed by atoms with van der Waals surface area (Å²) in [5.41, 5.74) is 3.64. The van der Waals surface area contributed by atoms with Crippen LogP contribution in [0.3, 0.4) is 0 Å². The molecule has 0 atom stereocenters. The van der Waals surface area contributed by atoms with Gasteiger partial charge in [0.05, 0.1) is 11.5 Å². The molecule has 4 rings (SSSR count). The van der Waals surface area contributed by atoms with E-state index in [0.717, 1.165) is 33.3 Å². The molecule has 154 valence electrons. The van der Waals surface area contributed by atoms with Gasteiger partial charge >= 0.3 is 0 Å². The molecule has 0 unspecified atom stereocenters. The highest BCUT2D eigenvalue weighted by molar-refractivity contribution is 8.00. The van der Waals surface area contributed by atoms with Crippen LogP contribution in [-0.2, 0) is 9.59 Å². The summed E-state index contributed by atoms with van der Waals surface area (Å²) >= 11 is 1.29. The zero-order valence-electron chi connectivity index (χ0n) is 16.9. The second kappa shape index (κ2) is 9.96. The molecule has 0 aliphatic rings. The second-order valence-corrected chi connectivity index (χ2v) is 8.08. The van der Waals surface area contributed by atoms with E-state index in [1.54, 1.807) is 0 Å². The summed E-state index contributed by atoms with van der Waals surface area (Å²) in [6.07, 6.45) is 0. The number of amides is 2. The third-order valence-corrected chi connectivity index (χ3v) is 5.69. The van der Waals surface area contributed by atoms with Gasteiger partial charge in [-0.15, -0.1) is 11.8 Å². The molecule has 0 heterocycles. The molecule has 0 spiro atoms. The van der Waals surface area contributed by atoms with Gasteiger partial charge in [-0.2, -0.15) is 0 Å². The summed E-state index contributed by atoms with van der Waals surface area (Å²) in [6.45, 7) is 0. The van der Waals surface area contributed by atoms with Gasteiger partial charge in [-0.05, 0) is 46.2 Å². The maximum absolute atomic E-state index is 12.3. The fourth-order valence-corrected chi connectivity index (χ4v) is 3.92. The van der Waals surface area contributed by atoms with Crippen LogP contribution in [0.4, 0.5) is 11.4 Å². The maximum Gasteiger partial charge on any atom is 0.234 e. The average molecular weight is 427 g/mol. The molecule has 2 N–H and O–H groups in total. The van der Waals surface area contributed by atoms with Crippen molar-refractivity contribution in [2.75, 3.05) is 22.1 Å². The van der Waals surface area contributed by atoms with Crippen LogP contribution in [0.1, 0.15) is 0 Å². The van der Waals surface area contributed by atoms with Crippen molar-refractivity contribution in [1.29, 1.82) is 0 Å². The molecule has 0 bridgehead atoms. The molecule has 0 aliphatic carbocycles. The minimum absolute atomic E-state index is 0.126. The molecule has 0 aromatic heterocycles. The van der Waals surface area contributed by atoms with Crippen molar-refractivity contribution in [2.45, 2.75) is 0 Å². The number of benzene rings is 4. The molecule has 0 fully saturated rings. The van der Waals surface area contributed by atoms with Crippen molar-refractivity contribution in [3.63, 3.8) is 0 Å². The van der Waals surface area contributed by atoms with Gasteiger partial charge in [0, 0.05) is 11.4 Å². The van der Waals surface area contributed by atoms with Crippen LogP contribution in [0, 0.1) is 0 Å². The van der Waals surface area contributed by atoms with Gasteiger partial charge in [0.25, 0.3) is 0 Å². The minimum Gasteiger partial charge on any atom is -0.325 e. The SMILES string of the molecule is O=C(CSCC(=O)Nc1ccc2ccccc2c1)Nc1cccc(-c2ccccc2)c1. The summed E-state index contributed by atoms with van der Waals surface area (Å²) in [4.78, 5) is 24.5. The molecular formula is C26H22N2O2S. The fourth-order valence-electron chi connectivity index (χ4n) is 3.30. The van der Waals surface area contributed by atoms with E-state index in [1.165, 1.54) is 11.8 Å². The Morgan fingerprint density at radius 2 is 1.19 bits per heavy atom. The molecular weight excluding hydrogens is 404 g/mol. The van der Waals surface area contributed by atoms with Crippen molar-refractivity contribution in [3.8, 4) is 11.1 Å². The topological polar surface area (TPSA) is 58.2 Å². The van der Waals surface area contributed by atoms with Crippen molar-refractivity contribution in [2.24, 2.45) is 0 Å². The first-order valence-electron chi connectivity index (χ1n) is 9.99. The Bertz CT molecular complexity index is 1210. The number of anilines is 2. The number of nitrogens with one attached hydrogen (secondary N) is 2. The Balaban J connectivity index is 1.26. The van der Waals surface area contributed by atoms with Gasteiger partial charge in [0.2, 0.25) is 11.8 Å². The van der Waals surface area contributed by atoms with E-state index in [4.69, 9.17) is 0 Å². The lowest BCUT2D eigenvalue weighted by molar-refractivity contribution is -0.114. The minimum atomic E-state index is -0.131. The smallest absolute Gasteiger partial charge is 0.234 e. The van der Waals surface area contributed by atoms with E-state index in [2.05, 4.69) is 10.6 Å². The van der Waals surface area contributed by atoms with Crippen molar-refractivity contribution in [1.82, 2.24) is 0 Å². The fraction of sp³-hybridized carbons (Fsp3) is 0.0769. The summed E-state index contributed by atoms with van der Waals surface area (Å²) in [7, 11) is 0. The summed E-state index contributed by atoms with van der Waals surface area (Å²) in [6, 6.07) is 31.6. The first kappa shape index (κ1) is 20.7. The van der Waals surface area contributed by atoms with Crippen LogP contribution < -0.4 is 10.6 Å². The lowest BCUT2D eigenvalue weighted by Crippen LogP contribution is -2.18. The lowest BCUT2D eigenvalue weighted by Gasteiger charge is -2.08. The predicted molar refractivity (Wildman–Crippen MR) is 130 cm³/mol. The Labute approximate surface area is 185 Å². The monoisotopic (exact) mass is 426 g/mol. The first-order valence-corrected chi connectivity index (χ1v) is 11.1. The van der Waals surface area contributed by atoms with Crippen LogP contribution >= 0.6 is 11.8 Å². The van der Waals surface area contributed by atoms with E-state index < -0.39 is 0 Å². The number of hydrogen-bond acceptors (Lipinski definition) is 3. The van der Waals surface area contributed by atoms with Gasteiger partial charge in [0.15, 0.2) is 0 Å². The van der Waals surface area contributed by atoms with Crippen molar-refractivity contribution >= 4 is 45.7 Å². The van der Waals surface area contributed by atoms with Crippen molar-refractivity contribution in [3.05, 3.63) is 97.1 Å². The standard InChI is InChI=1S/C26H22N2O2S/c29-25(27-23-12-6-11-22(15-23)19-7-2-1-3-8-19)17-31-18-26(30)28-24-14-13-20-9-4-5-10-21(20)16-24/h1-16H,17-18H2,(H,27,29)(H,28,30). The third-order valence-electron chi connectivity index (χ3n) is 4.75. The molecule has 5 heteroatoms. The summed E-state index contributed by atoms with van der Waals surface area (Å²) in [5, 5.41) is 8.00. The molecule has 4 aromatic rings. The average Bonchev–Trinajstić information content (AvgIpc) is 2.80. The Morgan fingerprint density at radius 3 is 1.94 bits per heavy atom. The molecule has 0 radical (unpaired) electrons. The first-order chi connectivity index (χ1) is 15.2. The highest BCUT2D eigenvalue weighted by Gasteiger charge is 2.08. The third kappa shape index (κ3) is 5.74. The van der Waals surface area contributed by atoms with Crippen LogP contribution in [0.2, 0.25) is 0 Å². The van der Waals surface area contributed by atoms with E-state index in [-0.39, 0.29) is 23.3 Å². The Hall–Kier alpha value is -3.57. The van der Waals surface area contributed by atoms with Crippen LogP contribution in [-0.4, -0.2) is 23.3 Å². The zero-order valence-corrected chi connectivity index (χ0v) is 17.7. The summed E-state index contributed by atoms with van der Waals surface area (Å²) < 4.78 is 0. The van der Waals surface area contributed by atoms with Gasteiger partial charge in [-0.25, -0.2) is 0 Å².